The first-order valence-corrected chi connectivity index (χ1v) is 17.3. The number of hydrogen-bond acceptors (Lipinski definition) is 3. The van der Waals surface area contributed by atoms with Gasteiger partial charge in [-0.2, -0.15) is 0 Å². The monoisotopic (exact) mass is 547 g/mol. The van der Waals surface area contributed by atoms with Gasteiger partial charge in [0.1, 0.15) is 11.9 Å². The van der Waals surface area contributed by atoms with E-state index in [2.05, 4.69) is 27.7 Å². The summed E-state index contributed by atoms with van der Waals surface area (Å²) in [5.74, 6) is 2.77. The SMILES string of the molecule is CCCCCCCCCCCCC(C)C(C)CCC(C)CCCCCC(=O)CCCCCC1=C[C@H](C)OC1=O. The van der Waals surface area contributed by atoms with E-state index in [1.54, 1.807) is 0 Å². The highest BCUT2D eigenvalue weighted by molar-refractivity contribution is 5.90. The van der Waals surface area contributed by atoms with Crippen LogP contribution < -0.4 is 0 Å². The van der Waals surface area contributed by atoms with E-state index in [9.17, 15) is 9.59 Å². The molecule has 3 nitrogen and oxygen atoms in total. The number of rotatable bonds is 27. The Balaban J connectivity index is 1.91. The molecule has 1 rings (SSSR count). The first-order valence-electron chi connectivity index (χ1n) is 17.3. The summed E-state index contributed by atoms with van der Waals surface area (Å²) in [6.07, 6.45) is 30.2. The van der Waals surface area contributed by atoms with Crippen LogP contribution in [0.4, 0.5) is 0 Å². The summed E-state index contributed by atoms with van der Waals surface area (Å²) in [5.41, 5.74) is 0.816. The Bertz CT molecular complexity index is 652. The average molecular weight is 547 g/mol. The third-order valence-corrected chi connectivity index (χ3v) is 9.14. The van der Waals surface area contributed by atoms with E-state index in [0.717, 1.165) is 61.9 Å². The largest absolute Gasteiger partial charge is 0.455 e. The van der Waals surface area contributed by atoms with Crippen molar-refractivity contribution < 1.29 is 14.3 Å². The van der Waals surface area contributed by atoms with Crippen molar-refractivity contribution in [3.05, 3.63) is 11.6 Å². The molecule has 0 aromatic carbocycles. The highest BCUT2D eigenvalue weighted by Gasteiger charge is 2.21. The zero-order valence-corrected chi connectivity index (χ0v) is 26.9. The number of carbonyl (C=O) groups excluding carboxylic acids is 2. The van der Waals surface area contributed by atoms with E-state index in [1.165, 1.54) is 103 Å². The summed E-state index contributed by atoms with van der Waals surface area (Å²) >= 11 is 0. The van der Waals surface area contributed by atoms with E-state index in [4.69, 9.17) is 4.74 Å². The fourth-order valence-electron chi connectivity index (χ4n) is 5.96. The van der Waals surface area contributed by atoms with Gasteiger partial charge in [0.25, 0.3) is 0 Å². The van der Waals surface area contributed by atoms with Gasteiger partial charge in [-0.05, 0) is 56.4 Å². The van der Waals surface area contributed by atoms with Gasteiger partial charge in [-0.3, -0.25) is 4.79 Å². The molecule has 0 N–H and O–H groups in total. The van der Waals surface area contributed by atoms with Gasteiger partial charge in [-0.1, -0.05) is 137 Å². The predicted molar refractivity (Wildman–Crippen MR) is 168 cm³/mol. The van der Waals surface area contributed by atoms with Gasteiger partial charge < -0.3 is 4.74 Å². The Hall–Kier alpha value is -1.12. The molecule has 0 fully saturated rings. The number of ether oxygens (including phenoxy) is 1. The number of esters is 1. The fraction of sp³-hybridized carbons (Fsp3) is 0.889. The lowest BCUT2D eigenvalue weighted by molar-refractivity contribution is -0.139. The topological polar surface area (TPSA) is 43.4 Å². The minimum atomic E-state index is -0.156. The van der Waals surface area contributed by atoms with Crippen LogP contribution in [-0.4, -0.2) is 17.9 Å². The van der Waals surface area contributed by atoms with Crippen LogP contribution >= 0.6 is 0 Å². The van der Waals surface area contributed by atoms with Crippen molar-refractivity contribution in [2.24, 2.45) is 17.8 Å². The minimum absolute atomic E-state index is 0.0756. The minimum Gasteiger partial charge on any atom is -0.455 e. The van der Waals surface area contributed by atoms with Crippen LogP contribution in [0.2, 0.25) is 0 Å². The molecule has 3 heteroatoms. The maximum Gasteiger partial charge on any atom is 0.334 e. The van der Waals surface area contributed by atoms with Gasteiger partial charge in [-0.25, -0.2) is 4.79 Å². The van der Waals surface area contributed by atoms with Crippen molar-refractivity contribution >= 4 is 11.8 Å². The standard InChI is InChI=1S/C36H66O3/c1-6-7-8-9-10-11-12-13-14-18-23-31(3)32(4)28-27-30(2)22-17-15-20-25-35(37)26-21-16-19-24-34-29-33(5)39-36(34)38/h29-33H,6-28H2,1-5H3/t30?,31?,32?,33-/m0/s1. The zero-order chi connectivity index (χ0) is 28.7. The molecular weight excluding hydrogens is 480 g/mol. The molecule has 228 valence electrons. The predicted octanol–water partition coefficient (Wildman–Crippen LogP) is 11.3. The molecule has 3 unspecified atom stereocenters. The first kappa shape index (κ1) is 35.9. The van der Waals surface area contributed by atoms with Gasteiger partial charge in [0.2, 0.25) is 0 Å². The first-order chi connectivity index (χ1) is 18.8. The van der Waals surface area contributed by atoms with Crippen molar-refractivity contribution in [3.8, 4) is 0 Å². The zero-order valence-electron chi connectivity index (χ0n) is 26.9. The summed E-state index contributed by atoms with van der Waals surface area (Å²) in [4.78, 5) is 23.8. The number of unbranched alkanes of at least 4 members (excludes halogenated alkanes) is 13. The Morgan fingerprint density at radius 1 is 0.692 bits per heavy atom. The third-order valence-electron chi connectivity index (χ3n) is 9.14. The Kier molecular flexibility index (Phi) is 21.7. The van der Waals surface area contributed by atoms with Gasteiger partial charge in [-0.15, -0.1) is 0 Å². The fourth-order valence-corrected chi connectivity index (χ4v) is 5.96. The van der Waals surface area contributed by atoms with Crippen molar-refractivity contribution in [1.82, 2.24) is 0 Å². The summed E-state index contributed by atoms with van der Waals surface area (Å²) in [6, 6.07) is 0. The average Bonchev–Trinajstić information content (AvgIpc) is 3.24. The highest BCUT2D eigenvalue weighted by Crippen LogP contribution is 2.26. The number of Topliss-reactive ketones (excluding diaryl/α,β-unsaturated/α-hetero) is 1. The second kappa shape index (κ2) is 23.6. The number of hydrogen-bond donors (Lipinski definition) is 0. The van der Waals surface area contributed by atoms with Crippen LogP contribution in [0.5, 0.6) is 0 Å². The van der Waals surface area contributed by atoms with Crippen molar-refractivity contribution in [2.45, 2.75) is 188 Å². The van der Waals surface area contributed by atoms with E-state index < -0.39 is 0 Å². The summed E-state index contributed by atoms with van der Waals surface area (Å²) in [7, 11) is 0. The van der Waals surface area contributed by atoms with Crippen LogP contribution in [0.15, 0.2) is 11.6 Å². The van der Waals surface area contributed by atoms with Crippen molar-refractivity contribution in [3.63, 3.8) is 0 Å². The second-order valence-corrected chi connectivity index (χ2v) is 13.1. The molecule has 1 aliphatic heterocycles. The molecule has 39 heavy (non-hydrogen) atoms. The molecule has 0 bridgehead atoms. The van der Waals surface area contributed by atoms with Gasteiger partial charge in [0, 0.05) is 18.4 Å². The smallest absolute Gasteiger partial charge is 0.334 e. The normalized spacial score (nSPS) is 17.6. The molecular formula is C36H66O3. The van der Waals surface area contributed by atoms with Crippen LogP contribution in [0.25, 0.3) is 0 Å². The number of ketones is 1. The molecule has 0 saturated heterocycles. The molecule has 0 spiro atoms. The van der Waals surface area contributed by atoms with Crippen LogP contribution in [0.3, 0.4) is 0 Å². The Morgan fingerprint density at radius 3 is 1.79 bits per heavy atom. The summed E-state index contributed by atoms with van der Waals surface area (Å²) < 4.78 is 5.13. The van der Waals surface area contributed by atoms with Crippen LogP contribution in [-0.2, 0) is 14.3 Å². The molecule has 0 aliphatic carbocycles. The molecule has 1 aliphatic rings. The Morgan fingerprint density at radius 2 is 1.21 bits per heavy atom. The van der Waals surface area contributed by atoms with Crippen LogP contribution in [0, 0.1) is 17.8 Å². The van der Waals surface area contributed by atoms with Gasteiger partial charge in [0.05, 0.1) is 0 Å². The van der Waals surface area contributed by atoms with E-state index >= 15 is 0 Å². The van der Waals surface area contributed by atoms with Gasteiger partial charge in [0.15, 0.2) is 0 Å². The second-order valence-electron chi connectivity index (χ2n) is 13.1. The van der Waals surface area contributed by atoms with Gasteiger partial charge >= 0.3 is 5.97 Å². The van der Waals surface area contributed by atoms with E-state index in [-0.39, 0.29) is 12.1 Å². The lowest BCUT2D eigenvalue weighted by Gasteiger charge is -2.21. The molecule has 0 radical (unpaired) electrons. The molecule has 0 aromatic rings. The maximum absolute atomic E-state index is 12.2. The third kappa shape index (κ3) is 19.6. The van der Waals surface area contributed by atoms with E-state index in [1.807, 2.05) is 13.0 Å². The van der Waals surface area contributed by atoms with E-state index in [0.29, 0.717) is 12.2 Å². The lowest BCUT2D eigenvalue weighted by atomic mass is 9.84. The van der Waals surface area contributed by atoms with Crippen molar-refractivity contribution in [1.29, 1.82) is 0 Å². The Labute approximate surface area is 243 Å². The summed E-state index contributed by atoms with van der Waals surface area (Å²) in [6.45, 7) is 11.6. The molecule has 0 amide bonds. The molecule has 4 atom stereocenters. The summed E-state index contributed by atoms with van der Waals surface area (Å²) in [5, 5.41) is 0. The molecule has 0 aromatic heterocycles. The van der Waals surface area contributed by atoms with Crippen LogP contribution in [0.1, 0.15) is 182 Å². The number of cyclic esters (lactones) is 1. The quantitative estimate of drug-likeness (QED) is 0.0760. The maximum atomic E-state index is 12.2. The number of carbonyl (C=O) groups is 2. The molecule has 0 saturated carbocycles. The highest BCUT2D eigenvalue weighted by atomic mass is 16.5. The lowest BCUT2D eigenvalue weighted by Crippen LogP contribution is -2.10. The van der Waals surface area contributed by atoms with Crippen molar-refractivity contribution in [2.75, 3.05) is 0 Å². The molecule has 1 heterocycles.